The standard InChI is InChI=1S/C23H15N3O4/c27-21-14-13-19(8-4-5-16-9-11-18(12-10-16)22(28)29)25-26(21)23-24-20(15-30-23)17-6-2-1-3-7-17/h1-3,6-7,9-15H,5H2,(H,28,29). The third-order valence-electron chi connectivity index (χ3n) is 4.25. The highest BCUT2D eigenvalue weighted by molar-refractivity contribution is 5.87. The van der Waals surface area contributed by atoms with Gasteiger partial charge in [0.2, 0.25) is 0 Å². The van der Waals surface area contributed by atoms with E-state index in [1.807, 2.05) is 30.3 Å². The van der Waals surface area contributed by atoms with E-state index < -0.39 is 5.97 Å². The van der Waals surface area contributed by atoms with Crippen LogP contribution in [0, 0.1) is 11.8 Å². The molecule has 0 radical (unpaired) electrons. The molecule has 0 aliphatic heterocycles. The molecule has 1 N–H and O–H groups in total. The van der Waals surface area contributed by atoms with E-state index in [4.69, 9.17) is 9.52 Å². The zero-order valence-electron chi connectivity index (χ0n) is 15.6. The Morgan fingerprint density at radius 3 is 2.53 bits per heavy atom. The fourth-order valence-electron chi connectivity index (χ4n) is 2.72. The van der Waals surface area contributed by atoms with Crippen molar-refractivity contribution in [3.05, 3.63) is 100 Å². The smallest absolute Gasteiger partial charge is 0.335 e. The highest BCUT2D eigenvalue weighted by Gasteiger charge is 2.11. The normalized spacial score (nSPS) is 10.3. The van der Waals surface area contributed by atoms with E-state index in [1.165, 1.54) is 30.5 Å². The van der Waals surface area contributed by atoms with Gasteiger partial charge in [-0.2, -0.15) is 10.1 Å². The number of carboxylic acid groups (broad SMARTS) is 1. The first-order chi connectivity index (χ1) is 14.6. The molecule has 4 aromatic rings. The fourth-order valence-corrected chi connectivity index (χ4v) is 2.72. The lowest BCUT2D eigenvalue weighted by Crippen LogP contribution is -2.21. The highest BCUT2D eigenvalue weighted by atomic mass is 16.4. The van der Waals surface area contributed by atoms with Gasteiger partial charge >= 0.3 is 12.0 Å². The van der Waals surface area contributed by atoms with Gasteiger partial charge in [0.15, 0.2) is 0 Å². The number of aromatic carboxylic acids is 1. The molecule has 0 bridgehead atoms. The van der Waals surface area contributed by atoms with Gasteiger partial charge in [0.25, 0.3) is 5.56 Å². The lowest BCUT2D eigenvalue weighted by Gasteiger charge is -1.99. The second-order valence-corrected chi connectivity index (χ2v) is 6.33. The molecule has 0 unspecified atom stereocenters. The molecule has 30 heavy (non-hydrogen) atoms. The van der Waals surface area contributed by atoms with Crippen LogP contribution in [-0.2, 0) is 6.42 Å². The van der Waals surface area contributed by atoms with Crippen LogP contribution >= 0.6 is 0 Å². The molecule has 2 aromatic carbocycles. The zero-order chi connectivity index (χ0) is 20.9. The molecule has 0 spiro atoms. The molecule has 0 atom stereocenters. The number of carboxylic acids is 1. The van der Waals surface area contributed by atoms with Crippen LogP contribution in [0.4, 0.5) is 0 Å². The number of rotatable bonds is 4. The first kappa shape index (κ1) is 18.9. The maximum atomic E-state index is 12.2. The quantitative estimate of drug-likeness (QED) is 0.531. The maximum absolute atomic E-state index is 12.2. The van der Waals surface area contributed by atoms with Crippen LogP contribution in [0.3, 0.4) is 0 Å². The summed E-state index contributed by atoms with van der Waals surface area (Å²) in [7, 11) is 0. The van der Waals surface area contributed by atoms with Crippen molar-refractivity contribution in [1.82, 2.24) is 14.8 Å². The molecule has 2 heterocycles. The molecule has 0 aliphatic carbocycles. The molecule has 0 saturated heterocycles. The minimum atomic E-state index is -0.971. The molecule has 7 nitrogen and oxygen atoms in total. The number of nitrogens with zero attached hydrogens (tertiary/aromatic N) is 3. The largest absolute Gasteiger partial charge is 0.478 e. The Bertz CT molecular complexity index is 1310. The van der Waals surface area contributed by atoms with Gasteiger partial charge in [0.05, 0.1) is 5.56 Å². The summed E-state index contributed by atoms with van der Waals surface area (Å²) in [5, 5.41) is 13.1. The van der Waals surface area contributed by atoms with E-state index in [1.54, 1.807) is 12.1 Å². The second-order valence-electron chi connectivity index (χ2n) is 6.33. The summed E-state index contributed by atoms with van der Waals surface area (Å²) in [6.45, 7) is 0. The number of oxazole rings is 1. The van der Waals surface area contributed by atoms with Gasteiger partial charge in [-0.1, -0.05) is 48.4 Å². The predicted molar refractivity (Wildman–Crippen MR) is 109 cm³/mol. The Labute approximate surface area is 171 Å². The highest BCUT2D eigenvalue weighted by Crippen LogP contribution is 2.18. The summed E-state index contributed by atoms with van der Waals surface area (Å²) in [6.07, 6.45) is 1.88. The number of benzene rings is 2. The summed E-state index contributed by atoms with van der Waals surface area (Å²) in [6, 6.07) is 18.9. The Morgan fingerprint density at radius 2 is 1.80 bits per heavy atom. The summed E-state index contributed by atoms with van der Waals surface area (Å²) >= 11 is 0. The molecule has 2 aromatic heterocycles. The van der Waals surface area contributed by atoms with Crippen molar-refractivity contribution in [3.8, 4) is 29.1 Å². The molecule has 0 amide bonds. The van der Waals surface area contributed by atoms with Gasteiger partial charge in [0.1, 0.15) is 17.7 Å². The van der Waals surface area contributed by atoms with E-state index >= 15 is 0 Å². The summed E-state index contributed by atoms with van der Waals surface area (Å²) < 4.78 is 6.51. The summed E-state index contributed by atoms with van der Waals surface area (Å²) in [5.74, 6) is 4.90. The predicted octanol–water partition coefficient (Wildman–Crippen LogP) is 3.18. The number of aromatic nitrogens is 3. The van der Waals surface area contributed by atoms with E-state index in [9.17, 15) is 9.59 Å². The van der Waals surface area contributed by atoms with Gasteiger partial charge in [-0.15, -0.1) is 4.68 Å². The van der Waals surface area contributed by atoms with E-state index in [0.717, 1.165) is 15.8 Å². The van der Waals surface area contributed by atoms with Crippen molar-refractivity contribution in [2.45, 2.75) is 6.42 Å². The number of hydrogen-bond acceptors (Lipinski definition) is 5. The topological polar surface area (TPSA) is 98.2 Å². The van der Waals surface area contributed by atoms with Crippen LogP contribution in [0.2, 0.25) is 0 Å². The average Bonchev–Trinajstić information content (AvgIpc) is 3.26. The molecule has 4 rings (SSSR count). The van der Waals surface area contributed by atoms with Gasteiger partial charge < -0.3 is 9.52 Å². The zero-order valence-corrected chi connectivity index (χ0v) is 15.6. The van der Waals surface area contributed by atoms with E-state index in [0.29, 0.717) is 17.8 Å². The molecular weight excluding hydrogens is 382 g/mol. The van der Waals surface area contributed by atoms with Crippen molar-refractivity contribution in [1.29, 1.82) is 0 Å². The molecule has 146 valence electrons. The lowest BCUT2D eigenvalue weighted by atomic mass is 10.1. The summed E-state index contributed by atoms with van der Waals surface area (Å²) in [4.78, 5) is 27.4. The Kier molecular flexibility index (Phi) is 5.22. The minimum Gasteiger partial charge on any atom is -0.478 e. The van der Waals surface area contributed by atoms with Crippen LogP contribution in [0.25, 0.3) is 17.3 Å². The molecule has 0 saturated carbocycles. The van der Waals surface area contributed by atoms with Gasteiger partial charge in [0, 0.05) is 18.1 Å². The average molecular weight is 397 g/mol. The Hall–Kier alpha value is -4.44. The SMILES string of the molecule is O=C(O)c1ccc(CC#Cc2ccc(=O)n(-c3nc(-c4ccccc4)co3)n2)cc1. The number of hydrogen-bond donors (Lipinski definition) is 1. The third-order valence-corrected chi connectivity index (χ3v) is 4.25. The Morgan fingerprint density at radius 1 is 1.03 bits per heavy atom. The fraction of sp³-hybridized carbons (Fsp3) is 0.0435. The van der Waals surface area contributed by atoms with Crippen LogP contribution in [-0.4, -0.2) is 25.8 Å². The van der Waals surface area contributed by atoms with E-state index in [-0.39, 0.29) is 17.1 Å². The van der Waals surface area contributed by atoms with Crippen molar-refractivity contribution in [2.75, 3.05) is 0 Å². The number of carbonyl (C=O) groups is 1. The second kappa shape index (κ2) is 8.29. The van der Waals surface area contributed by atoms with Gasteiger partial charge in [-0.3, -0.25) is 4.79 Å². The van der Waals surface area contributed by atoms with Crippen molar-refractivity contribution in [3.63, 3.8) is 0 Å². The summed E-state index contributed by atoms with van der Waals surface area (Å²) in [5.41, 5.74) is 2.57. The van der Waals surface area contributed by atoms with Crippen LogP contribution in [0.1, 0.15) is 21.6 Å². The minimum absolute atomic E-state index is 0.0618. The van der Waals surface area contributed by atoms with Crippen molar-refractivity contribution < 1.29 is 14.3 Å². The van der Waals surface area contributed by atoms with Crippen molar-refractivity contribution >= 4 is 5.97 Å². The van der Waals surface area contributed by atoms with Crippen LogP contribution in [0.5, 0.6) is 0 Å². The molecular formula is C23H15N3O4. The Balaban J connectivity index is 1.54. The maximum Gasteiger partial charge on any atom is 0.335 e. The molecule has 0 aliphatic rings. The van der Waals surface area contributed by atoms with Crippen LogP contribution in [0.15, 0.2) is 82.2 Å². The third kappa shape index (κ3) is 4.18. The van der Waals surface area contributed by atoms with E-state index in [2.05, 4.69) is 21.9 Å². The van der Waals surface area contributed by atoms with Gasteiger partial charge in [-0.05, 0) is 29.7 Å². The van der Waals surface area contributed by atoms with Crippen LogP contribution < -0.4 is 5.56 Å². The molecule has 0 fully saturated rings. The lowest BCUT2D eigenvalue weighted by molar-refractivity contribution is 0.0697. The first-order valence-electron chi connectivity index (χ1n) is 9.03. The van der Waals surface area contributed by atoms with Gasteiger partial charge in [-0.25, -0.2) is 4.79 Å². The monoisotopic (exact) mass is 397 g/mol. The van der Waals surface area contributed by atoms with Crippen molar-refractivity contribution in [2.24, 2.45) is 0 Å². The first-order valence-corrected chi connectivity index (χ1v) is 9.03. The molecule has 7 heteroatoms.